The Morgan fingerprint density at radius 3 is 1.56 bits per heavy atom. The first kappa shape index (κ1) is 35.6. The van der Waals surface area contributed by atoms with E-state index in [4.69, 9.17) is 4.99 Å². The average Bonchev–Trinajstić information content (AvgIpc) is 2.66. The molecule has 1 atom stereocenters. The van der Waals surface area contributed by atoms with Crippen LogP contribution in [-0.4, -0.2) is 57.8 Å². The van der Waals surface area contributed by atoms with E-state index in [0.717, 1.165) is 13.0 Å². The summed E-state index contributed by atoms with van der Waals surface area (Å²) < 4.78 is 0. The molecule has 0 saturated heterocycles. The van der Waals surface area contributed by atoms with Crippen molar-refractivity contribution >= 4 is 5.71 Å². The van der Waals surface area contributed by atoms with Crippen molar-refractivity contribution in [3.63, 3.8) is 0 Å². The molecule has 0 radical (unpaired) electrons. The number of hydrogen-bond donors (Lipinski definition) is 0. The first-order valence-corrected chi connectivity index (χ1v) is 14.7. The van der Waals surface area contributed by atoms with Crippen LogP contribution in [0.1, 0.15) is 150 Å². The fraction of sp³-hybridized carbons (Fsp3) is 0.970. The molecular formula is C33H69N3. The van der Waals surface area contributed by atoms with Gasteiger partial charge in [-0.25, -0.2) is 0 Å². The average molecular weight is 508 g/mol. The van der Waals surface area contributed by atoms with Crippen LogP contribution in [0.3, 0.4) is 0 Å². The number of nitrogens with zero attached hydrogens (tertiary/aromatic N) is 3. The molecule has 3 nitrogen and oxygen atoms in total. The summed E-state index contributed by atoms with van der Waals surface area (Å²) in [6, 6.07) is 1.04. The Kier molecular flexibility index (Phi) is 12.0. The maximum atomic E-state index is 5.15. The van der Waals surface area contributed by atoms with Gasteiger partial charge in [-0.15, -0.1) is 0 Å². The first-order valence-electron chi connectivity index (χ1n) is 14.7. The highest BCUT2D eigenvalue weighted by Gasteiger charge is 2.38. The minimum Gasteiger partial charge on any atom is -0.298 e. The SMILES string of the molecule is CC(=NC(C)(C)CCC(C)(C)CN(C(C)C)C(C)(C)CCC(C)(C)C(C)N(C)C(C)(C)C)C(C)(C)C. The summed E-state index contributed by atoms with van der Waals surface area (Å²) in [6.07, 6.45) is 4.72. The van der Waals surface area contributed by atoms with Crippen molar-refractivity contribution in [2.24, 2.45) is 21.2 Å². The highest BCUT2D eigenvalue weighted by atomic mass is 15.2. The molecule has 36 heavy (non-hydrogen) atoms. The maximum absolute atomic E-state index is 5.15. The van der Waals surface area contributed by atoms with Crippen molar-refractivity contribution in [2.75, 3.05) is 13.6 Å². The normalized spacial score (nSPS) is 16.4. The Bertz CT molecular complexity index is 695. The molecule has 0 aliphatic carbocycles. The van der Waals surface area contributed by atoms with E-state index in [1.807, 2.05) is 0 Å². The van der Waals surface area contributed by atoms with Gasteiger partial charge < -0.3 is 0 Å². The van der Waals surface area contributed by atoms with Crippen molar-refractivity contribution in [2.45, 2.75) is 179 Å². The van der Waals surface area contributed by atoms with E-state index in [1.54, 1.807) is 0 Å². The van der Waals surface area contributed by atoms with Gasteiger partial charge in [0.15, 0.2) is 0 Å². The second kappa shape index (κ2) is 12.2. The number of rotatable bonds is 13. The highest BCUT2D eigenvalue weighted by molar-refractivity contribution is 5.87. The summed E-state index contributed by atoms with van der Waals surface area (Å²) in [5, 5.41) is 0. The molecule has 0 bridgehead atoms. The monoisotopic (exact) mass is 508 g/mol. The minimum atomic E-state index is -0.0218. The van der Waals surface area contributed by atoms with Crippen LogP contribution in [-0.2, 0) is 0 Å². The quantitative estimate of drug-likeness (QED) is 0.231. The number of hydrogen-bond acceptors (Lipinski definition) is 3. The van der Waals surface area contributed by atoms with Gasteiger partial charge in [-0.05, 0) is 125 Å². The Labute approximate surface area is 229 Å². The van der Waals surface area contributed by atoms with E-state index in [2.05, 4.69) is 141 Å². The van der Waals surface area contributed by atoms with Crippen molar-refractivity contribution < 1.29 is 0 Å². The van der Waals surface area contributed by atoms with E-state index < -0.39 is 0 Å². The molecule has 3 heteroatoms. The molecule has 0 heterocycles. The van der Waals surface area contributed by atoms with Gasteiger partial charge in [-0.2, -0.15) is 0 Å². The maximum Gasteiger partial charge on any atom is 0.0551 e. The van der Waals surface area contributed by atoms with Crippen LogP contribution in [0, 0.1) is 16.2 Å². The minimum absolute atomic E-state index is 0.0218. The Balaban J connectivity index is 5.48. The van der Waals surface area contributed by atoms with Gasteiger partial charge in [-0.3, -0.25) is 14.8 Å². The van der Waals surface area contributed by atoms with Crippen LogP contribution in [0.2, 0.25) is 0 Å². The summed E-state index contributed by atoms with van der Waals surface area (Å²) in [7, 11) is 2.29. The lowest BCUT2D eigenvalue weighted by Gasteiger charge is -2.49. The van der Waals surface area contributed by atoms with E-state index in [0.29, 0.717) is 12.1 Å². The van der Waals surface area contributed by atoms with Gasteiger partial charge in [0.2, 0.25) is 0 Å². The van der Waals surface area contributed by atoms with Gasteiger partial charge in [0.05, 0.1) is 5.54 Å². The van der Waals surface area contributed by atoms with Gasteiger partial charge in [-0.1, -0.05) is 48.5 Å². The Morgan fingerprint density at radius 1 is 0.694 bits per heavy atom. The summed E-state index contributed by atoms with van der Waals surface area (Å²) in [6.45, 7) is 43.6. The molecule has 0 N–H and O–H groups in total. The first-order chi connectivity index (χ1) is 15.6. The third kappa shape index (κ3) is 11.5. The summed E-state index contributed by atoms with van der Waals surface area (Å²) in [4.78, 5) is 10.5. The summed E-state index contributed by atoms with van der Waals surface area (Å²) in [5.74, 6) is 0. The molecule has 0 saturated carbocycles. The molecule has 0 spiro atoms. The van der Waals surface area contributed by atoms with Crippen LogP contribution in [0.15, 0.2) is 4.99 Å². The Hall–Kier alpha value is -0.410. The molecule has 0 aromatic heterocycles. The second-order valence-corrected chi connectivity index (χ2v) is 16.9. The molecule has 0 aromatic rings. The largest absolute Gasteiger partial charge is 0.298 e. The van der Waals surface area contributed by atoms with E-state index >= 15 is 0 Å². The predicted octanol–water partition coefficient (Wildman–Crippen LogP) is 9.49. The van der Waals surface area contributed by atoms with Gasteiger partial charge >= 0.3 is 0 Å². The van der Waals surface area contributed by atoms with Crippen LogP contribution in [0.5, 0.6) is 0 Å². The lowest BCUT2D eigenvalue weighted by molar-refractivity contribution is 0.00706. The summed E-state index contributed by atoms with van der Waals surface area (Å²) >= 11 is 0. The molecule has 0 aromatic carbocycles. The van der Waals surface area contributed by atoms with E-state index in [1.165, 1.54) is 25.0 Å². The van der Waals surface area contributed by atoms with Crippen molar-refractivity contribution in [3.8, 4) is 0 Å². The van der Waals surface area contributed by atoms with E-state index in [9.17, 15) is 0 Å². The third-order valence-electron chi connectivity index (χ3n) is 9.12. The molecule has 0 aliphatic heterocycles. The molecule has 0 fully saturated rings. The zero-order chi connectivity index (χ0) is 29.1. The van der Waals surface area contributed by atoms with Crippen molar-refractivity contribution in [3.05, 3.63) is 0 Å². The predicted molar refractivity (Wildman–Crippen MR) is 166 cm³/mol. The van der Waals surface area contributed by atoms with Gasteiger partial charge in [0.25, 0.3) is 0 Å². The fourth-order valence-corrected chi connectivity index (χ4v) is 5.04. The zero-order valence-corrected chi connectivity index (χ0v) is 28.5. The summed E-state index contributed by atoms with van der Waals surface area (Å²) in [5.41, 5.74) is 2.19. The van der Waals surface area contributed by atoms with E-state index in [-0.39, 0.29) is 32.9 Å². The fourth-order valence-electron chi connectivity index (χ4n) is 5.04. The van der Waals surface area contributed by atoms with Crippen molar-refractivity contribution in [1.82, 2.24) is 9.80 Å². The molecule has 216 valence electrons. The molecule has 0 rings (SSSR count). The smallest absolute Gasteiger partial charge is 0.0551 e. The number of aliphatic imine (C=N–C) groups is 1. The van der Waals surface area contributed by atoms with Crippen molar-refractivity contribution in [1.29, 1.82) is 0 Å². The highest BCUT2D eigenvalue weighted by Crippen LogP contribution is 2.38. The third-order valence-corrected chi connectivity index (χ3v) is 9.12. The second-order valence-electron chi connectivity index (χ2n) is 16.9. The van der Waals surface area contributed by atoms with Crippen LogP contribution >= 0.6 is 0 Å². The molecular weight excluding hydrogens is 438 g/mol. The molecule has 1 unspecified atom stereocenters. The molecule has 0 aliphatic rings. The van der Waals surface area contributed by atoms with Crippen LogP contribution in [0.4, 0.5) is 0 Å². The topological polar surface area (TPSA) is 18.8 Å². The Morgan fingerprint density at radius 2 is 1.17 bits per heavy atom. The van der Waals surface area contributed by atoms with Gasteiger partial charge in [0, 0.05) is 35.4 Å². The lowest BCUT2D eigenvalue weighted by Crippen LogP contribution is -2.53. The standard InChI is InChI=1S/C33H69N3/c1-25(2)36(24-30(11,12)20-22-32(15,16)34-26(3)28(5,6)7)33(17,18)23-21-31(13,14)27(4)35(19)29(8,9)10/h25,27H,20-24H2,1-19H3. The zero-order valence-electron chi connectivity index (χ0n) is 28.5. The molecule has 0 amide bonds. The van der Waals surface area contributed by atoms with Gasteiger partial charge in [0.1, 0.15) is 0 Å². The lowest BCUT2D eigenvalue weighted by atomic mass is 9.75. The van der Waals surface area contributed by atoms with Crippen LogP contribution < -0.4 is 0 Å². The van der Waals surface area contributed by atoms with Crippen LogP contribution in [0.25, 0.3) is 0 Å².